The van der Waals surface area contributed by atoms with E-state index in [9.17, 15) is 4.79 Å². The Morgan fingerprint density at radius 1 is 1.11 bits per heavy atom. The number of carbonyl (C=O) groups is 1. The molecule has 1 N–H and O–H groups in total. The molecule has 0 bridgehead atoms. The van der Waals surface area contributed by atoms with Gasteiger partial charge in [0, 0.05) is 32.5 Å². The summed E-state index contributed by atoms with van der Waals surface area (Å²) in [5.41, 5.74) is 1.92. The van der Waals surface area contributed by atoms with Crippen molar-refractivity contribution < 1.29 is 4.79 Å². The largest absolute Gasteiger partial charge is 0.356 e. The van der Waals surface area contributed by atoms with Crippen molar-refractivity contribution in [3.8, 4) is 0 Å². The molecule has 1 atom stereocenters. The van der Waals surface area contributed by atoms with Crippen LogP contribution in [-0.4, -0.2) is 45.4 Å². The van der Waals surface area contributed by atoms with Crippen molar-refractivity contribution in [3.05, 3.63) is 53.9 Å². The third kappa shape index (κ3) is 4.65. The van der Waals surface area contributed by atoms with E-state index in [0.29, 0.717) is 30.9 Å². The smallest absolute Gasteiger partial charge is 0.220 e. The predicted octanol–water partition coefficient (Wildman–Crippen LogP) is 2.82. The molecule has 0 saturated carbocycles. The topological polar surface area (TPSA) is 75.4 Å². The van der Waals surface area contributed by atoms with Crippen molar-refractivity contribution in [1.82, 2.24) is 25.1 Å². The van der Waals surface area contributed by atoms with Gasteiger partial charge < -0.3 is 10.2 Å². The van der Waals surface area contributed by atoms with Crippen molar-refractivity contribution in [2.45, 2.75) is 39.5 Å². The van der Waals surface area contributed by atoms with Crippen LogP contribution >= 0.6 is 0 Å². The molecule has 28 heavy (non-hydrogen) atoms. The van der Waals surface area contributed by atoms with Crippen LogP contribution in [0.3, 0.4) is 0 Å². The molecule has 1 aromatic carbocycles. The summed E-state index contributed by atoms with van der Waals surface area (Å²) >= 11 is 0. The Kier molecular flexibility index (Phi) is 6.57. The Bertz CT molecular complexity index is 904. The van der Waals surface area contributed by atoms with Crippen LogP contribution in [0.5, 0.6) is 0 Å². The number of nitrogens with one attached hydrogen (secondary N) is 1. The highest BCUT2D eigenvalue weighted by Gasteiger charge is 2.13. The number of nitrogens with zero attached hydrogens (tertiary/aromatic N) is 5. The molecule has 0 saturated heterocycles. The second kappa shape index (κ2) is 9.30. The number of benzene rings is 1. The summed E-state index contributed by atoms with van der Waals surface area (Å²) in [4.78, 5) is 14.4. The summed E-state index contributed by atoms with van der Waals surface area (Å²) in [6.45, 7) is 8.70. The molecule has 0 fully saturated rings. The number of anilines is 1. The average molecular weight is 380 g/mol. The fourth-order valence-corrected chi connectivity index (χ4v) is 3.18. The number of hydrogen-bond acceptors (Lipinski definition) is 5. The number of aromatic nitrogens is 4. The monoisotopic (exact) mass is 380 g/mol. The number of carbonyl (C=O) groups excluding carboxylic acids is 1. The van der Waals surface area contributed by atoms with Crippen LogP contribution in [0.1, 0.15) is 44.5 Å². The number of amides is 1. The molecular formula is C21H28N6O. The minimum Gasteiger partial charge on any atom is -0.356 e. The molecular weight excluding hydrogens is 352 g/mol. The summed E-state index contributed by atoms with van der Waals surface area (Å²) in [5, 5.41) is 16.0. The lowest BCUT2D eigenvalue weighted by Crippen LogP contribution is -2.28. The fraction of sp³-hybridized carbons (Fsp3) is 0.429. The Morgan fingerprint density at radius 2 is 1.86 bits per heavy atom. The SMILES string of the molecule is CCN(CC)c1ccc2nnc(CCC(=O)NCC(C)c3ccccc3)n2n1. The maximum absolute atomic E-state index is 12.3. The third-order valence-electron chi connectivity index (χ3n) is 4.95. The molecule has 7 nitrogen and oxygen atoms in total. The lowest BCUT2D eigenvalue weighted by Gasteiger charge is -2.19. The van der Waals surface area contributed by atoms with Gasteiger partial charge in [0.2, 0.25) is 5.91 Å². The van der Waals surface area contributed by atoms with E-state index in [-0.39, 0.29) is 11.8 Å². The van der Waals surface area contributed by atoms with Crippen LogP contribution in [0, 0.1) is 0 Å². The highest BCUT2D eigenvalue weighted by molar-refractivity contribution is 5.76. The molecule has 0 aliphatic rings. The zero-order chi connectivity index (χ0) is 19.9. The van der Waals surface area contributed by atoms with Gasteiger partial charge in [-0.15, -0.1) is 15.3 Å². The second-order valence-corrected chi connectivity index (χ2v) is 6.87. The number of rotatable bonds is 9. The quantitative estimate of drug-likeness (QED) is 0.618. The zero-order valence-electron chi connectivity index (χ0n) is 16.8. The summed E-state index contributed by atoms with van der Waals surface area (Å²) in [5.74, 6) is 1.88. The Hall–Kier alpha value is -2.96. The van der Waals surface area contributed by atoms with E-state index in [4.69, 9.17) is 0 Å². The van der Waals surface area contributed by atoms with E-state index < -0.39 is 0 Å². The molecule has 3 aromatic rings. The van der Waals surface area contributed by atoms with E-state index in [1.165, 1.54) is 5.56 Å². The van der Waals surface area contributed by atoms with E-state index in [2.05, 4.69) is 58.4 Å². The molecule has 0 aliphatic heterocycles. The molecule has 0 radical (unpaired) electrons. The highest BCUT2D eigenvalue weighted by Crippen LogP contribution is 2.14. The van der Waals surface area contributed by atoms with Crippen LogP contribution in [0.4, 0.5) is 5.82 Å². The minimum absolute atomic E-state index is 0.0134. The fourth-order valence-electron chi connectivity index (χ4n) is 3.18. The molecule has 2 heterocycles. The number of aryl methyl sites for hydroxylation is 1. The summed E-state index contributed by atoms with van der Waals surface area (Å²) in [6, 6.07) is 14.1. The Morgan fingerprint density at radius 3 is 2.57 bits per heavy atom. The van der Waals surface area contributed by atoms with Crippen molar-refractivity contribution in [1.29, 1.82) is 0 Å². The summed E-state index contributed by atoms with van der Waals surface area (Å²) in [6.07, 6.45) is 0.862. The van der Waals surface area contributed by atoms with E-state index in [1.807, 2.05) is 30.3 Å². The maximum Gasteiger partial charge on any atom is 0.220 e. The second-order valence-electron chi connectivity index (χ2n) is 6.87. The van der Waals surface area contributed by atoms with Gasteiger partial charge in [-0.2, -0.15) is 4.52 Å². The first-order chi connectivity index (χ1) is 13.6. The molecule has 2 aromatic heterocycles. The van der Waals surface area contributed by atoms with E-state index in [1.54, 1.807) is 4.52 Å². The molecule has 0 aliphatic carbocycles. The molecule has 0 spiro atoms. The Balaban J connectivity index is 1.58. The van der Waals surface area contributed by atoms with Gasteiger partial charge in [-0.25, -0.2) is 0 Å². The van der Waals surface area contributed by atoms with Crippen molar-refractivity contribution >= 4 is 17.4 Å². The summed E-state index contributed by atoms with van der Waals surface area (Å²) in [7, 11) is 0. The van der Waals surface area contributed by atoms with Crippen LogP contribution in [0.2, 0.25) is 0 Å². The van der Waals surface area contributed by atoms with Crippen LogP contribution in [0.15, 0.2) is 42.5 Å². The third-order valence-corrected chi connectivity index (χ3v) is 4.95. The first kappa shape index (κ1) is 19.8. The van der Waals surface area contributed by atoms with Crippen molar-refractivity contribution in [2.75, 3.05) is 24.5 Å². The van der Waals surface area contributed by atoms with E-state index in [0.717, 1.165) is 18.9 Å². The van der Waals surface area contributed by atoms with E-state index >= 15 is 0 Å². The lowest BCUT2D eigenvalue weighted by molar-refractivity contribution is -0.121. The molecule has 3 rings (SSSR count). The predicted molar refractivity (Wildman–Crippen MR) is 111 cm³/mol. The van der Waals surface area contributed by atoms with Crippen molar-refractivity contribution in [3.63, 3.8) is 0 Å². The average Bonchev–Trinajstić information content (AvgIpc) is 3.14. The normalized spacial score (nSPS) is 12.1. The van der Waals surface area contributed by atoms with Gasteiger partial charge in [-0.05, 0) is 37.5 Å². The maximum atomic E-state index is 12.3. The van der Waals surface area contributed by atoms with Crippen LogP contribution in [0.25, 0.3) is 5.65 Å². The number of hydrogen-bond donors (Lipinski definition) is 1. The first-order valence-corrected chi connectivity index (χ1v) is 9.90. The summed E-state index contributed by atoms with van der Waals surface area (Å²) < 4.78 is 1.74. The van der Waals surface area contributed by atoms with Gasteiger partial charge in [0.25, 0.3) is 0 Å². The minimum atomic E-state index is 0.0134. The lowest BCUT2D eigenvalue weighted by atomic mass is 10.0. The van der Waals surface area contributed by atoms with Gasteiger partial charge in [-0.3, -0.25) is 4.79 Å². The first-order valence-electron chi connectivity index (χ1n) is 9.90. The Labute approximate surface area is 165 Å². The van der Waals surface area contributed by atoms with Gasteiger partial charge in [0.1, 0.15) is 5.82 Å². The van der Waals surface area contributed by atoms with Crippen LogP contribution < -0.4 is 10.2 Å². The number of fused-ring (bicyclic) bond motifs is 1. The van der Waals surface area contributed by atoms with Crippen LogP contribution in [-0.2, 0) is 11.2 Å². The standard InChI is InChI=1S/C21H28N6O/c1-4-26(5-2)20-12-11-18-23-24-19(27(18)25-20)13-14-21(28)22-15-16(3)17-9-7-6-8-10-17/h6-12,16H,4-5,13-15H2,1-3H3,(H,22,28). The molecule has 7 heteroatoms. The highest BCUT2D eigenvalue weighted by atomic mass is 16.1. The van der Waals surface area contributed by atoms with Gasteiger partial charge >= 0.3 is 0 Å². The van der Waals surface area contributed by atoms with Gasteiger partial charge in [-0.1, -0.05) is 37.3 Å². The zero-order valence-corrected chi connectivity index (χ0v) is 16.8. The van der Waals surface area contributed by atoms with Gasteiger partial charge in [0.05, 0.1) is 0 Å². The molecule has 1 unspecified atom stereocenters. The molecule has 1 amide bonds. The molecule has 148 valence electrons. The van der Waals surface area contributed by atoms with Crippen molar-refractivity contribution in [2.24, 2.45) is 0 Å². The van der Waals surface area contributed by atoms with Gasteiger partial charge in [0.15, 0.2) is 11.5 Å².